The van der Waals surface area contributed by atoms with Gasteiger partial charge in [0.15, 0.2) is 0 Å². The summed E-state index contributed by atoms with van der Waals surface area (Å²) < 4.78 is 6.01. The topological polar surface area (TPSA) is 9.23 Å². The molecule has 0 radical (unpaired) electrons. The second-order valence-electron chi connectivity index (χ2n) is 9.43. The third-order valence-corrected chi connectivity index (χ3v) is 6.09. The lowest BCUT2D eigenvalue weighted by Gasteiger charge is -2.27. The van der Waals surface area contributed by atoms with Crippen molar-refractivity contribution in [3.63, 3.8) is 0 Å². The van der Waals surface area contributed by atoms with Crippen LogP contribution >= 0.6 is 0 Å². The minimum atomic E-state index is 0.103. The molecule has 0 spiro atoms. The summed E-state index contributed by atoms with van der Waals surface area (Å²) in [6.45, 7) is 12.1. The van der Waals surface area contributed by atoms with E-state index in [4.69, 9.17) is 4.74 Å². The van der Waals surface area contributed by atoms with Crippen molar-refractivity contribution < 1.29 is 4.74 Å². The van der Waals surface area contributed by atoms with Gasteiger partial charge in [0.25, 0.3) is 0 Å². The van der Waals surface area contributed by atoms with E-state index in [1.54, 1.807) is 0 Å². The van der Waals surface area contributed by atoms with Crippen LogP contribution in [-0.4, -0.2) is 6.61 Å². The molecule has 1 nitrogen and oxygen atoms in total. The Kier molecular flexibility index (Phi) is 7.37. The average Bonchev–Trinajstić information content (AvgIpc) is 2.74. The zero-order valence-electron chi connectivity index (χ0n) is 19.2. The van der Waals surface area contributed by atoms with Crippen molar-refractivity contribution in [2.45, 2.75) is 64.7 Å². The van der Waals surface area contributed by atoms with Crippen molar-refractivity contribution in [3.05, 3.63) is 101 Å². The van der Waals surface area contributed by atoms with Gasteiger partial charge in [-0.15, -0.1) is 0 Å². The molecule has 0 heterocycles. The number of hydrogen-bond donors (Lipinski definition) is 0. The maximum absolute atomic E-state index is 6.01. The maximum atomic E-state index is 6.01. The van der Waals surface area contributed by atoms with E-state index in [1.807, 2.05) is 0 Å². The highest BCUT2D eigenvalue weighted by Gasteiger charge is 2.22. The monoisotopic (exact) mass is 400 g/mol. The van der Waals surface area contributed by atoms with E-state index < -0.39 is 0 Å². The van der Waals surface area contributed by atoms with Crippen molar-refractivity contribution in [1.29, 1.82) is 0 Å². The second-order valence-corrected chi connectivity index (χ2v) is 9.43. The molecule has 1 atom stereocenters. The van der Waals surface area contributed by atoms with E-state index in [0.29, 0.717) is 11.8 Å². The summed E-state index contributed by atoms with van der Waals surface area (Å²) in [5.41, 5.74) is 5.64. The number of hydrogen-bond acceptors (Lipinski definition) is 1. The zero-order chi connectivity index (χ0) is 21.6. The molecule has 0 saturated carbocycles. The van der Waals surface area contributed by atoms with Crippen LogP contribution in [0.5, 0.6) is 5.75 Å². The summed E-state index contributed by atoms with van der Waals surface area (Å²) in [6, 6.07) is 28.4. The minimum Gasteiger partial charge on any atom is -0.494 e. The Bertz CT molecular complexity index is 907. The highest BCUT2D eigenvalue weighted by molar-refractivity contribution is 5.33. The lowest BCUT2D eigenvalue weighted by molar-refractivity contribution is 0.300. The fourth-order valence-corrected chi connectivity index (χ4v) is 3.94. The number of benzene rings is 3. The maximum Gasteiger partial charge on any atom is 0.119 e. The first-order chi connectivity index (χ1) is 14.3. The Morgan fingerprint density at radius 1 is 0.767 bits per heavy atom. The SMILES string of the molecule is CC(C)c1ccc(OCCC(C)c2cccc(C(C)(C)Cc3ccccc3)c2)cc1. The van der Waals surface area contributed by atoms with E-state index >= 15 is 0 Å². The molecule has 0 aliphatic heterocycles. The van der Waals surface area contributed by atoms with E-state index in [1.165, 1.54) is 22.3 Å². The Hall–Kier alpha value is -2.54. The van der Waals surface area contributed by atoms with Crippen molar-refractivity contribution in [1.82, 2.24) is 0 Å². The first kappa shape index (κ1) is 22.2. The smallest absolute Gasteiger partial charge is 0.119 e. The molecule has 0 saturated heterocycles. The van der Waals surface area contributed by atoms with Crippen LogP contribution in [-0.2, 0) is 11.8 Å². The molecule has 0 aliphatic carbocycles. The van der Waals surface area contributed by atoms with Crippen LogP contribution < -0.4 is 4.74 Å². The zero-order valence-corrected chi connectivity index (χ0v) is 19.2. The van der Waals surface area contributed by atoms with Crippen LogP contribution in [0.4, 0.5) is 0 Å². The fraction of sp³-hybridized carbons (Fsp3) is 0.379. The minimum absolute atomic E-state index is 0.103. The van der Waals surface area contributed by atoms with Crippen LogP contribution in [0.15, 0.2) is 78.9 Å². The van der Waals surface area contributed by atoms with Gasteiger partial charge in [0.05, 0.1) is 6.61 Å². The quantitative estimate of drug-likeness (QED) is 0.355. The van der Waals surface area contributed by atoms with Gasteiger partial charge in [0, 0.05) is 0 Å². The van der Waals surface area contributed by atoms with Crippen molar-refractivity contribution in [2.24, 2.45) is 0 Å². The van der Waals surface area contributed by atoms with Gasteiger partial charge in [0.1, 0.15) is 5.75 Å². The predicted molar refractivity (Wildman–Crippen MR) is 129 cm³/mol. The summed E-state index contributed by atoms with van der Waals surface area (Å²) in [5, 5.41) is 0. The molecule has 0 bridgehead atoms. The Balaban J connectivity index is 1.59. The third kappa shape index (κ3) is 5.98. The molecular weight excluding hydrogens is 364 g/mol. The van der Waals surface area contributed by atoms with Gasteiger partial charge in [-0.25, -0.2) is 0 Å². The standard InChI is InChI=1S/C29H36O/c1-22(2)25-14-16-28(17-15-25)30-19-18-23(3)26-12-9-13-27(20-26)29(4,5)21-24-10-7-6-8-11-24/h6-17,20,22-23H,18-19,21H2,1-5H3. The van der Waals surface area contributed by atoms with E-state index in [9.17, 15) is 0 Å². The Morgan fingerprint density at radius 3 is 2.13 bits per heavy atom. The van der Waals surface area contributed by atoms with Crippen LogP contribution in [0, 0.1) is 0 Å². The molecule has 3 rings (SSSR count). The summed E-state index contributed by atoms with van der Waals surface area (Å²) >= 11 is 0. The Morgan fingerprint density at radius 2 is 1.47 bits per heavy atom. The molecule has 3 aromatic rings. The molecule has 0 aromatic heterocycles. The highest BCUT2D eigenvalue weighted by atomic mass is 16.5. The highest BCUT2D eigenvalue weighted by Crippen LogP contribution is 2.31. The van der Waals surface area contributed by atoms with Crippen molar-refractivity contribution in [3.8, 4) is 5.75 Å². The summed E-state index contributed by atoms with van der Waals surface area (Å²) in [6.07, 6.45) is 2.05. The normalized spacial score (nSPS) is 12.7. The molecule has 0 fully saturated rings. The third-order valence-electron chi connectivity index (χ3n) is 6.09. The van der Waals surface area contributed by atoms with E-state index in [0.717, 1.165) is 25.2 Å². The molecule has 0 amide bonds. The van der Waals surface area contributed by atoms with E-state index in [-0.39, 0.29) is 5.41 Å². The molecule has 3 aromatic carbocycles. The lowest BCUT2D eigenvalue weighted by atomic mass is 9.78. The fourth-order valence-electron chi connectivity index (χ4n) is 3.94. The van der Waals surface area contributed by atoms with Gasteiger partial charge in [-0.3, -0.25) is 0 Å². The Labute approximate surface area is 183 Å². The van der Waals surface area contributed by atoms with Gasteiger partial charge >= 0.3 is 0 Å². The molecular formula is C29H36O. The van der Waals surface area contributed by atoms with Crippen molar-refractivity contribution >= 4 is 0 Å². The average molecular weight is 401 g/mol. The summed E-state index contributed by atoms with van der Waals surface area (Å²) in [7, 11) is 0. The van der Waals surface area contributed by atoms with Crippen LogP contribution in [0.25, 0.3) is 0 Å². The molecule has 1 unspecified atom stereocenters. The van der Waals surface area contributed by atoms with Crippen LogP contribution in [0.3, 0.4) is 0 Å². The van der Waals surface area contributed by atoms with Gasteiger partial charge in [-0.2, -0.15) is 0 Å². The molecule has 158 valence electrons. The van der Waals surface area contributed by atoms with E-state index in [2.05, 4.69) is 113 Å². The predicted octanol–water partition coefficient (Wildman–Crippen LogP) is 7.90. The first-order valence-electron chi connectivity index (χ1n) is 11.2. The van der Waals surface area contributed by atoms with Crippen LogP contribution in [0.2, 0.25) is 0 Å². The second kappa shape index (κ2) is 9.98. The number of rotatable bonds is 9. The molecule has 0 aliphatic rings. The number of ether oxygens (including phenoxy) is 1. The molecule has 0 N–H and O–H groups in total. The van der Waals surface area contributed by atoms with Crippen LogP contribution in [0.1, 0.15) is 75.1 Å². The summed E-state index contributed by atoms with van der Waals surface area (Å²) in [4.78, 5) is 0. The molecule has 1 heteroatoms. The molecule has 30 heavy (non-hydrogen) atoms. The lowest BCUT2D eigenvalue weighted by Crippen LogP contribution is -2.21. The van der Waals surface area contributed by atoms with Crippen molar-refractivity contribution in [2.75, 3.05) is 6.61 Å². The first-order valence-corrected chi connectivity index (χ1v) is 11.2. The summed E-state index contributed by atoms with van der Waals surface area (Å²) in [5.74, 6) is 1.98. The van der Waals surface area contributed by atoms with Gasteiger partial charge in [0.2, 0.25) is 0 Å². The largest absolute Gasteiger partial charge is 0.494 e. The van der Waals surface area contributed by atoms with Gasteiger partial charge in [-0.1, -0.05) is 101 Å². The van der Waals surface area contributed by atoms with Gasteiger partial charge in [-0.05, 0) is 64.5 Å². The van der Waals surface area contributed by atoms with Gasteiger partial charge < -0.3 is 4.74 Å².